The number of benzene rings is 1. The number of rotatable bonds is 7. The summed E-state index contributed by atoms with van der Waals surface area (Å²) in [7, 11) is -1.27. The molecule has 2 heterocycles. The van der Waals surface area contributed by atoms with Crippen LogP contribution in [-0.2, 0) is 10.8 Å². The summed E-state index contributed by atoms with van der Waals surface area (Å²) >= 11 is 0. The Labute approximate surface area is 164 Å². The lowest BCUT2D eigenvalue weighted by atomic mass is 10.1. The Morgan fingerprint density at radius 3 is 2.68 bits per heavy atom. The van der Waals surface area contributed by atoms with Crippen molar-refractivity contribution in [2.75, 3.05) is 28.5 Å². The predicted molar refractivity (Wildman–Crippen MR) is 108 cm³/mol. The second-order valence-electron chi connectivity index (χ2n) is 6.48. The molecule has 1 saturated heterocycles. The molecule has 0 saturated carbocycles. The van der Waals surface area contributed by atoms with Gasteiger partial charge in [0.15, 0.2) is 11.6 Å². The number of aromatic nitrogens is 3. The summed E-state index contributed by atoms with van der Waals surface area (Å²) in [6, 6.07) is 2.53. The molecule has 1 aliphatic heterocycles. The molecule has 0 aliphatic carbocycles. The van der Waals surface area contributed by atoms with Gasteiger partial charge in [0.05, 0.1) is 18.3 Å². The van der Waals surface area contributed by atoms with Crippen molar-refractivity contribution < 1.29 is 13.0 Å². The van der Waals surface area contributed by atoms with Gasteiger partial charge in [-0.25, -0.2) is 13.5 Å². The van der Waals surface area contributed by atoms with Crippen LogP contribution < -0.4 is 9.80 Å². The normalized spacial score (nSPS) is 18.0. The lowest BCUT2D eigenvalue weighted by Gasteiger charge is -2.24. The second-order valence-corrected chi connectivity index (χ2v) is 7.88. The molecule has 0 spiro atoms. The Kier molecular flexibility index (Phi) is 6.03. The molecule has 2 atom stereocenters. The van der Waals surface area contributed by atoms with Crippen molar-refractivity contribution in [2.45, 2.75) is 6.42 Å². The van der Waals surface area contributed by atoms with Gasteiger partial charge in [0.25, 0.3) is 0 Å². The Morgan fingerprint density at radius 2 is 2.11 bits per heavy atom. The van der Waals surface area contributed by atoms with Crippen LogP contribution in [0.3, 0.4) is 0 Å². The third kappa shape index (κ3) is 4.36. The summed E-state index contributed by atoms with van der Waals surface area (Å²) in [5.41, 5.74) is 0.901. The zero-order valence-corrected chi connectivity index (χ0v) is 16.3. The van der Waals surface area contributed by atoms with Crippen molar-refractivity contribution in [1.82, 2.24) is 15.0 Å². The first-order valence-electron chi connectivity index (χ1n) is 8.56. The number of anilines is 2. The fraction of sp³-hybridized carbons (Fsp3) is 0.263. The van der Waals surface area contributed by atoms with Gasteiger partial charge in [0.2, 0.25) is 0 Å². The van der Waals surface area contributed by atoms with E-state index < -0.39 is 22.4 Å². The average molecular weight is 405 g/mol. The van der Waals surface area contributed by atoms with Gasteiger partial charge in [-0.1, -0.05) is 24.4 Å². The number of nitrogens with zero attached hydrogens (tertiary/aromatic N) is 5. The summed E-state index contributed by atoms with van der Waals surface area (Å²) < 4.78 is 42.4. The van der Waals surface area contributed by atoms with E-state index in [0.717, 1.165) is 5.70 Å². The highest BCUT2D eigenvalue weighted by atomic mass is 32.2. The van der Waals surface area contributed by atoms with Crippen molar-refractivity contribution in [1.29, 1.82) is 0 Å². The van der Waals surface area contributed by atoms with Gasteiger partial charge in [0.1, 0.15) is 5.69 Å². The molecule has 0 radical (unpaired) electrons. The molecule has 1 aliphatic rings. The summed E-state index contributed by atoms with van der Waals surface area (Å²) in [4.78, 5) is 3.01. The molecule has 0 N–H and O–H groups in total. The number of halogens is 2. The quantitative estimate of drug-likeness (QED) is 0.707. The van der Waals surface area contributed by atoms with Crippen LogP contribution in [-0.4, -0.2) is 37.9 Å². The Hall–Kier alpha value is -2.81. The third-order valence-electron chi connectivity index (χ3n) is 4.39. The van der Waals surface area contributed by atoms with Gasteiger partial charge in [0, 0.05) is 47.1 Å². The van der Waals surface area contributed by atoms with Crippen molar-refractivity contribution >= 4 is 28.4 Å². The van der Waals surface area contributed by atoms with E-state index in [1.165, 1.54) is 29.5 Å². The first kappa shape index (κ1) is 19.9. The lowest BCUT2D eigenvalue weighted by Crippen LogP contribution is -2.23. The minimum atomic E-state index is -1.27. The molecule has 148 valence electrons. The Morgan fingerprint density at radius 1 is 1.39 bits per heavy atom. The van der Waals surface area contributed by atoms with Crippen LogP contribution in [0, 0.1) is 17.6 Å². The highest BCUT2D eigenvalue weighted by Crippen LogP contribution is 2.35. The van der Waals surface area contributed by atoms with E-state index in [9.17, 15) is 13.0 Å². The minimum absolute atomic E-state index is 0.0394. The molecule has 2 aromatic rings. The highest BCUT2D eigenvalue weighted by Gasteiger charge is 2.27. The summed E-state index contributed by atoms with van der Waals surface area (Å²) in [5.74, 6) is -1.39. The third-order valence-corrected chi connectivity index (χ3v) is 5.03. The molecule has 1 fully saturated rings. The van der Waals surface area contributed by atoms with Gasteiger partial charge in [-0.15, -0.1) is 5.10 Å². The highest BCUT2D eigenvalue weighted by molar-refractivity contribution is 7.84. The smallest absolute Gasteiger partial charge is 0.151 e. The van der Waals surface area contributed by atoms with E-state index in [1.807, 2.05) is 6.08 Å². The van der Waals surface area contributed by atoms with Crippen LogP contribution in [0.2, 0.25) is 0 Å². The summed E-state index contributed by atoms with van der Waals surface area (Å²) in [6.45, 7) is 8.12. The standard InChI is InChI=1S/C19H21F2N5OS/c1-4-24(13-28(3)27)19-17(20)10-16(11-18(19)21)26-12-15(9-14(26)2)5-7-25-8-6-22-23-25/h4-8,10-11,15H,1-2,9,12-13H2,3H3/b7-5-. The Bertz CT molecular complexity index is 905. The summed E-state index contributed by atoms with van der Waals surface area (Å²) in [6.07, 6.45) is 10.5. The van der Waals surface area contributed by atoms with E-state index in [2.05, 4.69) is 23.5 Å². The monoisotopic (exact) mass is 405 g/mol. The van der Waals surface area contributed by atoms with Crippen molar-refractivity contribution in [3.05, 3.63) is 67.3 Å². The molecule has 1 aromatic carbocycles. The van der Waals surface area contributed by atoms with Crippen molar-refractivity contribution in [3.63, 3.8) is 0 Å². The maximum Gasteiger partial charge on any atom is 0.151 e. The van der Waals surface area contributed by atoms with Gasteiger partial charge in [-0.05, 0) is 24.8 Å². The van der Waals surface area contributed by atoms with E-state index in [4.69, 9.17) is 0 Å². The molecular weight excluding hydrogens is 384 g/mol. The zero-order chi connectivity index (χ0) is 20.3. The molecule has 3 rings (SSSR count). The van der Waals surface area contributed by atoms with Crippen LogP contribution >= 0.6 is 0 Å². The maximum absolute atomic E-state index is 14.7. The van der Waals surface area contributed by atoms with Crippen LogP contribution in [0.1, 0.15) is 6.42 Å². The fourth-order valence-corrected chi connectivity index (χ4v) is 3.78. The van der Waals surface area contributed by atoms with Gasteiger partial charge in [-0.3, -0.25) is 4.21 Å². The van der Waals surface area contributed by atoms with Crippen LogP contribution in [0.4, 0.5) is 20.2 Å². The molecule has 6 nitrogen and oxygen atoms in total. The molecular formula is C19H21F2N5OS. The maximum atomic E-state index is 14.7. The van der Waals surface area contributed by atoms with E-state index in [1.54, 1.807) is 28.2 Å². The SMILES string of the molecule is C=CN(CS(C)=O)c1c(F)cc(N2CC(/C=C\n3ccnn3)CC2=C)cc1F. The zero-order valence-electron chi connectivity index (χ0n) is 15.5. The van der Waals surface area contributed by atoms with E-state index in [-0.39, 0.29) is 17.5 Å². The van der Waals surface area contributed by atoms with Gasteiger partial charge < -0.3 is 9.80 Å². The van der Waals surface area contributed by atoms with Crippen LogP contribution in [0.15, 0.2) is 55.7 Å². The van der Waals surface area contributed by atoms with Gasteiger partial charge in [-0.2, -0.15) is 0 Å². The predicted octanol–water partition coefficient (Wildman–Crippen LogP) is 3.35. The molecule has 2 unspecified atom stereocenters. The largest absolute Gasteiger partial charge is 0.345 e. The number of allylic oxidation sites excluding steroid dienone is 1. The Balaban J connectivity index is 1.81. The molecule has 28 heavy (non-hydrogen) atoms. The van der Waals surface area contributed by atoms with Crippen molar-refractivity contribution in [3.8, 4) is 0 Å². The summed E-state index contributed by atoms with van der Waals surface area (Å²) in [5, 5.41) is 7.59. The van der Waals surface area contributed by atoms with E-state index >= 15 is 0 Å². The fourth-order valence-electron chi connectivity index (χ4n) is 3.15. The van der Waals surface area contributed by atoms with Crippen LogP contribution in [0.5, 0.6) is 0 Å². The molecule has 0 amide bonds. The first-order valence-corrected chi connectivity index (χ1v) is 10.3. The molecule has 1 aromatic heterocycles. The molecule has 0 bridgehead atoms. The van der Waals surface area contributed by atoms with E-state index in [0.29, 0.717) is 18.7 Å². The lowest BCUT2D eigenvalue weighted by molar-refractivity contribution is 0.582. The molecule has 9 heteroatoms. The topological polar surface area (TPSA) is 54.3 Å². The van der Waals surface area contributed by atoms with Crippen molar-refractivity contribution in [2.24, 2.45) is 5.92 Å². The first-order chi connectivity index (χ1) is 13.4. The number of hydrogen-bond donors (Lipinski definition) is 0. The van der Waals surface area contributed by atoms with Gasteiger partial charge >= 0.3 is 0 Å². The minimum Gasteiger partial charge on any atom is -0.345 e. The number of hydrogen-bond acceptors (Lipinski definition) is 5. The average Bonchev–Trinajstić information content (AvgIpc) is 3.27. The second kappa shape index (κ2) is 8.47. The van der Waals surface area contributed by atoms with Crippen LogP contribution in [0.25, 0.3) is 6.20 Å².